The van der Waals surface area contributed by atoms with E-state index in [-0.39, 0.29) is 54.4 Å². The summed E-state index contributed by atoms with van der Waals surface area (Å²) in [4.78, 5) is 21.1. The van der Waals surface area contributed by atoms with Gasteiger partial charge in [-0.15, -0.1) is 6.58 Å². The number of hydrogen-bond acceptors (Lipinski definition) is 11. The second-order valence-corrected chi connectivity index (χ2v) is 15.3. The average Bonchev–Trinajstić information content (AvgIpc) is 3.18. The highest BCUT2D eigenvalue weighted by atomic mass is 32.2. The van der Waals surface area contributed by atoms with Crippen LogP contribution in [0.4, 0.5) is 5.69 Å². The van der Waals surface area contributed by atoms with Gasteiger partial charge in [0.05, 0.1) is 34.5 Å². The van der Waals surface area contributed by atoms with Gasteiger partial charge in [-0.2, -0.15) is 11.8 Å². The maximum atomic E-state index is 11.5. The summed E-state index contributed by atoms with van der Waals surface area (Å²) in [6.45, 7) is 6.91. The first-order valence-electron chi connectivity index (χ1n) is 19.1. The number of allylic oxidation sites excluding steroid dienone is 1. The van der Waals surface area contributed by atoms with Crippen molar-refractivity contribution in [3.05, 3.63) is 113 Å². The summed E-state index contributed by atoms with van der Waals surface area (Å²) in [5.41, 5.74) is 4.08. The van der Waals surface area contributed by atoms with E-state index < -0.39 is 10.7 Å². The van der Waals surface area contributed by atoms with Gasteiger partial charge in [0.1, 0.15) is 23.9 Å². The monoisotopic (exact) mass is 757 g/mol. The third-order valence-electron chi connectivity index (χ3n) is 10.6. The molecule has 1 aliphatic heterocycles. The molecule has 0 saturated heterocycles. The molecule has 0 unspecified atom stereocenters. The lowest BCUT2D eigenvalue weighted by atomic mass is 9.56. The molecule has 3 aromatic rings. The first kappa shape index (κ1) is 39.5. The van der Waals surface area contributed by atoms with Crippen molar-refractivity contribution in [3.8, 4) is 17.2 Å². The van der Waals surface area contributed by atoms with E-state index >= 15 is 0 Å². The van der Waals surface area contributed by atoms with Crippen LogP contribution in [0.25, 0.3) is 0 Å². The number of fused-ring (bicyclic) bond motifs is 2. The molecule has 1 fully saturated rings. The van der Waals surface area contributed by atoms with Crippen LogP contribution in [-0.4, -0.2) is 69.0 Å². The first-order chi connectivity index (χ1) is 26.4. The van der Waals surface area contributed by atoms with E-state index in [9.17, 15) is 20.3 Å². The van der Waals surface area contributed by atoms with E-state index in [2.05, 4.69) is 17.6 Å². The number of aryl methyl sites for hydroxylation is 1. The van der Waals surface area contributed by atoms with Gasteiger partial charge in [-0.05, 0) is 104 Å². The maximum Gasteiger partial charge on any atom is 0.273 e. The van der Waals surface area contributed by atoms with Crippen LogP contribution in [0.3, 0.4) is 0 Å². The van der Waals surface area contributed by atoms with Crippen LogP contribution < -0.4 is 9.47 Å². The van der Waals surface area contributed by atoms with E-state index in [1.54, 1.807) is 18.2 Å². The van der Waals surface area contributed by atoms with Gasteiger partial charge in [0.25, 0.3) is 5.69 Å². The Morgan fingerprint density at radius 2 is 1.85 bits per heavy atom. The van der Waals surface area contributed by atoms with Gasteiger partial charge in [-0.25, -0.2) is 0 Å². The second-order valence-electron chi connectivity index (χ2n) is 14.0. The van der Waals surface area contributed by atoms with E-state index in [1.165, 1.54) is 17.7 Å². The fraction of sp³-hybridized carbons (Fsp3) is 0.476. The Hall–Kier alpha value is -4.23. The van der Waals surface area contributed by atoms with Crippen LogP contribution in [0.5, 0.6) is 17.2 Å². The quantitative estimate of drug-likeness (QED) is 0.0499. The summed E-state index contributed by atoms with van der Waals surface area (Å²) >= 11 is 1.82. The molecule has 0 amide bonds. The van der Waals surface area contributed by atoms with Crippen molar-refractivity contribution in [2.45, 2.75) is 75.2 Å². The van der Waals surface area contributed by atoms with E-state index in [4.69, 9.17) is 24.2 Å². The number of rotatable bonds is 20. The largest absolute Gasteiger partial charge is 0.460 e. The molecule has 2 aliphatic carbocycles. The van der Waals surface area contributed by atoms with Crippen LogP contribution in [0, 0.1) is 27.9 Å². The molecule has 3 aliphatic rings. The number of aliphatic hydroxyl groups excluding tert-OH is 2. The number of pyridine rings is 1. The predicted octanol–water partition coefficient (Wildman–Crippen LogP) is 8.41. The molecule has 1 aromatic heterocycles. The van der Waals surface area contributed by atoms with Crippen molar-refractivity contribution in [3.63, 3.8) is 0 Å². The van der Waals surface area contributed by atoms with Gasteiger partial charge in [-0.3, -0.25) is 15.1 Å². The Kier molecular flexibility index (Phi) is 13.8. The van der Waals surface area contributed by atoms with Gasteiger partial charge < -0.3 is 29.3 Å². The zero-order valence-electron chi connectivity index (χ0n) is 30.9. The topological polar surface area (TPSA) is 146 Å². The summed E-state index contributed by atoms with van der Waals surface area (Å²) in [6.07, 6.45) is 14.0. The Labute approximate surface area is 321 Å². The van der Waals surface area contributed by atoms with E-state index in [0.717, 1.165) is 54.7 Å². The van der Waals surface area contributed by atoms with Crippen LogP contribution in [0.15, 0.2) is 96.5 Å². The van der Waals surface area contributed by atoms with E-state index in [1.807, 2.05) is 61.4 Å². The lowest BCUT2D eigenvalue weighted by Gasteiger charge is -2.58. The van der Waals surface area contributed by atoms with Gasteiger partial charge in [-0.1, -0.05) is 36.2 Å². The molecular weight excluding hydrogens is 707 g/mol. The maximum absolute atomic E-state index is 11.5. The first-order valence-corrected chi connectivity index (χ1v) is 20.1. The Balaban J connectivity index is 1.50. The number of non-ortho nitro benzene ring substituents is 1. The molecule has 54 heavy (non-hydrogen) atoms. The van der Waals surface area contributed by atoms with Crippen LogP contribution >= 0.6 is 11.8 Å². The molecule has 0 radical (unpaired) electrons. The highest BCUT2D eigenvalue weighted by molar-refractivity contribution is 8.00. The number of benzene rings is 2. The summed E-state index contributed by atoms with van der Waals surface area (Å²) in [5.74, 6) is 1.30. The van der Waals surface area contributed by atoms with Crippen LogP contribution in [0.1, 0.15) is 68.9 Å². The molecule has 2 N–H and O–H groups in total. The summed E-state index contributed by atoms with van der Waals surface area (Å²) in [5, 5.41) is 35.8. The van der Waals surface area contributed by atoms with Gasteiger partial charge in [0, 0.05) is 49.6 Å². The molecule has 6 rings (SSSR count). The molecule has 0 spiro atoms. The molecule has 288 valence electrons. The fourth-order valence-electron chi connectivity index (χ4n) is 8.35. The molecule has 2 aromatic carbocycles. The van der Waals surface area contributed by atoms with Crippen LogP contribution in [0.2, 0.25) is 0 Å². The Morgan fingerprint density at radius 3 is 2.59 bits per heavy atom. The van der Waals surface area contributed by atoms with Crippen molar-refractivity contribution in [2.24, 2.45) is 22.9 Å². The highest BCUT2D eigenvalue weighted by Crippen LogP contribution is 2.62. The van der Waals surface area contributed by atoms with Gasteiger partial charge >= 0.3 is 0 Å². The Bertz CT molecular complexity index is 1790. The number of nitrogens with zero attached hydrogens (tertiary/aromatic N) is 3. The molecule has 12 heteroatoms. The fourth-order valence-corrected chi connectivity index (χ4v) is 9.76. The number of hydrogen-bond donors (Lipinski definition) is 2. The minimum atomic E-state index is -1.07. The third kappa shape index (κ3) is 8.83. The lowest BCUT2D eigenvalue weighted by Crippen LogP contribution is -2.64. The highest BCUT2D eigenvalue weighted by Gasteiger charge is 2.64. The molecule has 11 nitrogen and oxygen atoms in total. The predicted molar refractivity (Wildman–Crippen MR) is 210 cm³/mol. The third-order valence-corrected chi connectivity index (χ3v) is 12.0. The number of oxime groups is 1. The number of unbranched alkanes of at least 4 members (excludes halogenated alkanes) is 2. The van der Waals surface area contributed by atoms with Gasteiger partial charge in [0.2, 0.25) is 5.79 Å². The zero-order chi connectivity index (χ0) is 37.9. The van der Waals surface area contributed by atoms with Crippen molar-refractivity contribution >= 4 is 23.2 Å². The normalized spacial score (nSPS) is 24.8. The average molecular weight is 758 g/mol. The number of thioether (sulfide) groups is 1. The number of nitro benzene ring substituents is 1. The van der Waals surface area contributed by atoms with Crippen molar-refractivity contribution in [1.82, 2.24) is 4.98 Å². The lowest BCUT2D eigenvalue weighted by molar-refractivity contribution is -0.384. The van der Waals surface area contributed by atoms with Crippen molar-refractivity contribution < 1.29 is 34.2 Å². The molecule has 6 atom stereocenters. The number of nitro groups is 1. The molecule has 1 saturated carbocycles. The number of aromatic nitrogens is 1. The molecular formula is C42H51N3O8S. The zero-order valence-corrected chi connectivity index (χ0v) is 31.7. The SMILES string of the molecule is C=CCO[C@@]12Oc3ccc(Oc4cccc([N+](=O)[O-])c4)cc3[C@H]3[C@H](CCCCO)[C@@H](CCCCO)C=C(C(=NOCC)C[C@@H]1SCCc1ccncc1)[C@H]32. The molecule has 0 bridgehead atoms. The minimum Gasteiger partial charge on any atom is -0.460 e. The summed E-state index contributed by atoms with van der Waals surface area (Å²) in [7, 11) is 0. The number of ether oxygens (including phenoxy) is 3. The second kappa shape index (κ2) is 18.9. The standard InChI is InChI=1S/C42H51N3O8S/c1-3-23-50-42-39(54-24-18-29-16-19-43-20-17-29)28-37(44-51-4-2)35-25-30(10-5-7-21-46)34(13-6-8-22-47)40(41(35)42)36-27-33(14-15-38(36)53-42)52-32-12-9-11-31(26-32)45(48)49/h3,9,11-12,14-17,19-20,25-27,30,34,39-41,46-47H,1,4-8,10,13,18,21-24,28H2,2H3/t30-,34+,39-,40+,41+,42+/m0/s1. The summed E-state index contributed by atoms with van der Waals surface area (Å²) in [6, 6.07) is 16.1. The molecule has 2 heterocycles. The number of aliphatic hydroxyl groups is 2. The summed E-state index contributed by atoms with van der Waals surface area (Å²) < 4.78 is 20.5. The minimum absolute atomic E-state index is 0.0505. The smallest absolute Gasteiger partial charge is 0.273 e. The van der Waals surface area contributed by atoms with Crippen LogP contribution in [-0.2, 0) is 16.0 Å². The van der Waals surface area contributed by atoms with Crippen molar-refractivity contribution in [1.29, 1.82) is 0 Å². The van der Waals surface area contributed by atoms with Crippen molar-refractivity contribution in [2.75, 3.05) is 32.2 Å². The van der Waals surface area contributed by atoms with E-state index in [0.29, 0.717) is 43.1 Å². The van der Waals surface area contributed by atoms with Gasteiger partial charge in [0.15, 0.2) is 0 Å². The Morgan fingerprint density at radius 1 is 1.07 bits per heavy atom.